The average Bonchev–Trinajstić information content (AvgIpc) is 3.14. The van der Waals surface area contributed by atoms with Gasteiger partial charge in [0.05, 0.1) is 11.6 Å². The van der Waals surface area contributed by atoms with Crippen LogP contribution in [0.1, 0.15) is 41.9 Å². The van der Waals surface area contributed by atoms with Crippen LogP contribution in [0.25, 0.3) is 5.52 Å². The Balaban J connectivity index is 1.71. The fourth-order valence-electron chi connectivity index (χ4n) is 4.05. The van der Waals surface area contributed by atoms with Crippen molar-refractivity contribution in [2.45, 2.75) is 31.8 Å². The van der Waals surface area contributed by atoms with Crippen LogP contribution in [0.2, 0.25) is 0 Å². The van der Waals surface area contributed by atoms with E-state index in [9.17, 15) is 4.79 Å². The van der Waals surface area contributed by atoms with Crippen LogP contribution in [0.3, 0.4) is 0 Å². The molecule has 0 radical (unpaired) electrons. The van der Waals surface area contributed by atoms with Crippen LogP contribution in [-0.2, 0) is 0 Å². The zero-order valence-corrected chi connectivity index (χ0v) is 16.0. The van der Waals surface area contributed by atoms with Gasteiger partial charge in [0.2, 0.25) is 0 Å². The largest absolute Gasteiger partial charge is 0.327 e. The van der Waals surface area contributed by atoms with Crippen LogP contribution in [0.5, 0.6) is 0 Å². The topological polar surface area (TPSA) is 40.9 Å². The molecule has 0 saturated carbocycles. The summed E-state index contributed by atoms with van der Waals surface area (Å²) >= 11 is 0. The smallest absolute Gasteiger partial charge is 0.275 e. The number of benzene rings is 1. The number of amides is 1. The van der Waals surface area contributed by atoms with E-state index in [0.29, 0.717) is 5.69 Å². The first-order valence-corrected chi connectivity index (χ1v) is 9.63. The number of imidazole rings is 1. The Labute approximate surface area is 160 Å². The highest BCUT2D eigenvalue weighted by Gasteiger charge is 2.33. The summed E-state index contributed by atoms with van der Waals surface area (Å²) in [7, 11) is 2.14. The van der Waals surface area contributed by atoms with Crippen molar-refractivity contribution in [3.63, 3.8) is 0 Å². The van der Waals surface area contributed by atoms with Crippen LogP contribution in [0, 0.1) is 0 Å². The minimum Gasteiger partial charge on any atom is -0.327 e. The molecular weight excluding hydrogens is 336 g/mol. The second-order valence-electron chi connectivity index (χ2n) is 7.42. The predicted molar refractivity (Wildman–Crippen MR) is 107 cm³/mol. The molecule has 3 heterocycles. The average molecular weight is 362 g/mol. The molecule has 1 amide bonds. The summed E-state index contributed by atoms with van der Waals surface area (Å²) in [5.41, 5.74) is 2.56. The van der Waals surface area contributed by atoms with Gasteiger partial charge in [-0.2, -0.15) is 0 Å². The molecule has 5 heteroatoms. The quantitative estimate of drug-likeness (QED) is 0.712. The van der Waals surface area contributed by atoms with Crippen LogP contribution in [0.15, 0.2) is 61.1 Å². The van der Waals surface area contributed by atoms with Gasteiger partial charge in [-0.05, 0) is 57.6 Å². The minimum absolute atomic E-state index is 0.00701. The molecule has 5 nitrogen and oxygen atoms in total. The number of carbonyl (C=O) groups is 1. The van der Waals surface area contributed by atoms with Crippen LogP contribution in [-0.4, -0.2) is 51.3 Å². The molecule has 1 aliphatic heterocycles. The van der Waals surface area contributed by atoms with Gasteiger partial charge in [0, 0.05) is 12.2 Å². The first-order valence-electron chi connectivity index (χ1n) is 9.63. The maximum absolute atomic E-state index is 13.7. The van der Waals surface area contributed by atoms with Gasteiger partial charge >= 0.3 is 0 Å². The highest BCUT2D eigenvalue weighted by Crippen LogP contribution is 2.29. The van der Waals surface area contributed by atoms with E-state index in [-0.39, 0.29) is 18.0 Å². The number of likely N-dealkylation sites (tertiary alicyclic amines) is 1. The van der Waals surface area contributed by atoms with Crippen LogP contribution in [0.4, 0.5) is 0 Å². The third-order valence-electron chi connectivity index (χ3n) is 5.66. The summed E-state index contributed by atoms with van der Waals surface area (Å²) in [6.07, 6.45) is 5.64. The van der Waals surface area contributed by atoms with Gasteiger partial charge in [0.25, 0.3) is 5.91 Å². The molecule has 1 aromatic carbocycles. The molecule has 1 aliphatic rings. The van der Waals surface area contributed by atoms with Crippen molar-refractivity contribution in [3.05, 3.63) is 72.3 Å². The molecule has 4 rings (SSSR count). The molecule has 0 aliphatic carbocycles. The zero-order valence-electron chi connectivity index (χ0n) is 16.0. The summed E-state index contributed by atoms with van der Waals surface area (Å²) < 4.78 is 1.91. The van der Waals surface area contributed by atoms with Gasteiger partial charge in [-0.1, -0.05) is 36.4 Å². The van der Waals surface area contributed by atoms with Gasteiger partial charge in [0.15, 0.2) is 5.69 Å². The van der Waals surface area contributed by atoms with Crippen LogP contribution >= 0.6 is 0 Å². The third kappa shape index (κ3) is 3.47. The first-order chi connectivity index (χ1) is 13.1. The van der Waals surface area contributed by atoms with E-state index in [1.165, 1.54) is 0 Å². The van der Waals surface area contributed by atoms with Crippen molar-refractivity contribution < 1.29 is 4.79 Å². The Kier molecular flexibility index (Phi) is 4.94. The molecule has 1 atom stereocenters. The Bertz CT molecular complexity index is 912. The molecule has 3 aromatic rings. The number of pyridine rings is 1. The molecule has 27 heavy (non-hydrogen) atoms. The normalized spacial score (nSPS) is 17.1. The number of fused-ring (bicyclic) bond motifs is 1. The monoisotopic (exact) mass is 362 g/mol. The molecule has 0 spiro atoms. The summed E-state index contributed by atoms with van der Waals surface area (Å²) in [6, 6.07) is 16.4. The second-order valence-corrected chi connectivity index (χ2v) is 7.42. The number of carbonyl (C=O) groups excluding carboxylic acids is 1. The van der Waals surface area contributed by atoms with Crippen molar-refractivity contribution in [1.29, 1.82) is 0 Å². The van der Waals surface area contributed by atoms with Crippen molar-refractivity contribution in [1.82, 2.24) is 19.2 Å². The predicted octanol–water partition coefficient (Wildman–Crippen LogP) is 3.63. The number of hydrogen-bond donors (Lipinski definition) is 0. The zero-order chi connectivity index (χ0) is 18.8. The standard InChI is InChI=1S/C22H26N4O/c1-17(18-8-4-3-5-9-18)26(19-11-14-24(2)15-12-19)22(27)21-20-10-6-7-13-25(20)16-23-21/h3-10,13,16-17,19H,11-12,14-15H2,1-2H3. The fraction of sp³-hybridized carbons (Fsp3) is 0.364. The van der Waals surface area contributed by atoms with E-state index >= 15 is 0 Å². The maximum atomic E-state index is 13.7. The van der Waals surface area contributed by atoms with Gasteiger partial charge in [-0.25, -0.2) is 4.98 Å². The van der Waals surface area contributed by atoms with Gasteiger partial charge in [0.1, 0.15) is 6.33 Å². The molecule has 1 saturated heterocycles. The Hall–Kier alpha value is -2.66. The van der Waals surface area contributed by atoms with E-state index < -0.39 is 0 Å². The lowest BCUT2D eigenvalue weighted by atomic mass is 9.98. The lowest BCUT2D eigenvalue weighted by molar-refractivity contribution is 0.0477. The first kappa shape index (κ1) is 17.7. The number of aromatic nitrogens is 2. The Morgan fingerprint density at radius 2 is 1.81 bits per heavy atom. The Morgan fingerprint density at radius 3 is 2.56 bits per heavy atom. The van der Waals surface area contributed by atoms with E-state index in [4.69, 9.17) is 0 Å². The molecule has 140 valence electrons. The third-order valence-corrected chi connectivity index (χ3v) is 5.66. The SMILES string of the molecule is CC(c1ccccc1)N(C(=O)c1ncn2ccccc12)C1CCN(C)CC1. The molecule has 0 N–H and O–H groups in total. The summed E-state index contributed by atoms with van der Waals surface area (Å²) in [5.74, 6) is 0.0228. The number of piperidine rings is 1. The van der Waals surface area contributed by atoms with Gasteiger partial charge in [-0.3, -0.25) is 4.79 Å². The lowest BCUT2D eigenvalue weighted by Gasteiger charge is -2.40. The molecule has 1 fully saturated rings. The number of hydrogen-bond acceptors (Lipinski definition) is 3. The van der Waals surface area contributed by atoms with Crippen molar-refractivity contribution in [2.75, 3.05) is 20.1 Å². The molecular formula is C22H26N4O. The van der Waals surface area contributed by atoms with Gasteiger partial charge < -0.3 is 14.2 Å². The van der Waals surface area contributed by atoms with Gasteiger partial charge in [-0.15, -0.1) is 0 Å². The van der Waals surface area contributed by atoms with Crippen LogP contribution < -0.4 is 0 Å². The lowest BCUT2D eigenvalue weighted by Crippen LogP contribution is -2.47. The number of nitrogens with zero attached hydrogens (tertiary/aromatic N) is 4. The van der Waals surface area contributed by atoms with E-state index in [0.717, 1.165) is 37.0 Å². The molecule has 1 unspecified atom stereocenters. The highest BCUT2D eigenvalue weighted by molar-refractivity contribution is 5.99. The summed E-state index contributed by atoms with van der Waals surface area (Å²) in [4.78, 5) is 22.5. The molecule has 2 aromatic heterocycles. The van der Waals surface area contributed by atoms with Crippen molar-refractivity contribution >= 4 is 11.4 Å². The fourth-order valence-corrected chi connectivity index (χ4v) is 4.05. The summed E-state index contributed by atoms with van der Waals surface area (Å²) in [5, 5.41) is 0. The Morgan fingerprint density at radius 1 is 1.11 bits per heavy atom. The van der Waals surface area contributed by atoms with E-state index in [1.54, 1.807) is 6.33 Å². The highest BCUT2D eigenvalue weighted by atomic mass is 16.2. The van der Waals surface area contributed by atoms with Crippen molar-refractivity contribution in [3.8, 4) is 0 Å². The number of rotatable bonds is 4. The van der Waals surface area contributed by atoms with E-state index in [2.05, 4.69) is 40.9 Å². The summed E-state index contributed by atoms with van der Waals surface area (Å²) in [6.45, 7) is 4.16. The van der Waals surface area contributed by atoms with E-state index in [1.807, 2.05) is 47.0 Å². The maximum Gasteiger partial charge on any atom is 0.275 e. The minimum atomic E-state index is 0.00701. The second kappa shape index (κ2) is 7.53. The van der Waals surface area contributed by atoms with Crippen molar-refractivity contribution in [2.24, 2.45) is 0 Å². The molecule has 0 bridgehead atoms.